The Morgan fingerprint density at radius 1 is 1.10 bits per heavy atom. The lowest BCUT2D eigenvalue weighted by molar-refractivity contribution is -0.120. The lowest BCUT2D eigenvalue weighted by Gasteiger charge is -2.32. The summed E-state index contributed by atoms with van der Waals surface area (Å²) in [5.41, 5.74) is 3.44. The topological polar surface area (TPSA) is 58.1 Å². The fourth-order valence-electron chi connectivity index (χ4n) is 3.64. The number of rotatable bonds is 4. The molecule has 0 spiro atoms. The maximum atomic E-state index is 13.4. The lowest BCUT2D eigenvalue weighted by Crippen LogP contribution is -2.41. The minimum absolute atomic E-state index is 0.0247. The Bertz CT molecular complexity index is 1010. The average molecular weight is 390 g/mol. The van der Waals surface area contributed by atoms with Gasteiger partial charge in [0, 0.05) is 36.7 Å². The van der Waals surface area contributed by atoms with Gasteiger partial charge in [0.25, 0.3) is 0 Å². The number of anilines is 2. The fourth-order valence-corrected chi connectivity index (χ4v) is 3.64. The van der Waals surface area contributed by atoms with E-state index in [0.717, 1.165) is 41.8 Å². The van der Waals surface area contributed by atoms with Gasteiger partial charge in [0.2, 0.25) is 11.9 Å². The van der Waals surface area contributed by atoms with Crippen molar-refractivity contribution in [2.75, 3.05) is 23.3 Å². The van der Waals surface area contributed by atoms with E-state index in [9.17, 15) is 9.18 Å². The molecule has 1 aliphatic rings. The van der Waals surface area contributed by atoms with Gasteiger partial charge in [-0.05, 0) is 55.2 Å². The van der Waals surface area contributed by atoms with E-state index >= 15 is 0 Å². The van der Waals surface area contributed by atoms with Crippen molar-refractivity contribution >= 4 is 17.5 Å². The van der Waals surface area contributed by atoms with Gasteiger partial charge in [0.1, 0.15) is 5.82 Å². The van der Waals surface area contributed by atoms with Gasteiger partial charge in [-0.2, -0.15) is 0 Å². The van der Waals surface area contributed by atoms with Crippen LogP contribution in [0.5, 0.6) is 0 Å². The van der Waals surface area contributed by atoms with Crippen LogP contribution in [0.15, 0.2) is 60.9 Å². The molecule has 0 bridgehead atoms. The molecule has 1 fully saturated rings. The monoisotopic (exact) mass is 390 g/mol. The number of aryl methyl sites for hydroxylation is 1. The Morgan fingerprint density at radius 2 is 1.90 bits per heavy atom. The number of nitrogens with one attached hydrogen (secondary N) is 1. The Morgan fingerprint density at radius 3 is 2.66 bits per heavy atom. The van der Waals surface area contributed by atoms with Gasteiger partial charge < -0.3 is 10.2 Å². The summed E-state index contributed by atoms with van der Waals surface area (Å²) in [5.74, 6) is 0.218. The van der Waals surface area contributed by atoms with Crippen LogP contribution in [-0.2, 0) is 4.79 Å². The Kier molecular flexibility index (Phi) is 5.51. The van der Waals surface area contributed by atoms with Gasteiger partial charge in [-0.15, -0.1) is 0 Å². The van der Waals surface area contributed by atoms with Gasteiger partial charge in [-0.3, -0.25) is 4.79 Å². The zero-order valence-corrected chi connectivity index (χ0v) is 16.3. The van der Waals surface area contributed by atoms with Crippen LogP contribution in [-0.4, -0.2) is 29.0 Å². The second kappa shape index (κ2) is 8.39. The number of amides is 1. The normalized spacial score (nSPS) is 16.5. The van der Waals surface area contributed by atoms with Crippen molar-refractivity contribution in [2.45, 2.75) is 19.8 Å². The standard InChI is InChI=1S/C23H23FN4O/c1-16-5-2-9-21(11-16)27-22(29)18-7-4-10-28(15-18)23-25-13-19(14-26-23)17-6-3-8-20(24)12-17/h2-3,5-6,8-9,11-14,18H,4,7,10,15H2,1H3,(H,27,29). The van der Waals surface area contributed by atoms with Crippen molar-refractivity contribution in [1.82, 2.24) is 9.97 Å². The first kappa shape index (κ1) is 19.1. The van der Waals surface area contributed by atoms with E-state index in [0.29, 0.717) is 12.5 Å². The molecule has 1 saturated heterocycles. The number of carbonyl (C=O) groups is 1. The maximum absolute atomic E-state index is 13.4. The van der Waals surface area contributed by atoms with Crippen LogP contribution in [0.25, 0.3) is 11.1 Å². The average Bonchev–Trinajstić information content (AvgIpc) is 2.74. The molecule has 29 heavy (non-hydrogen) atoms. The highest BCUT2D eigenvalue weighted by Gasteiger charge is 2.27. The Labute approximate surface area is 169 Å². The number of aromatic nitrogens is 2. The highest BCUT2D eigenvalue weighted by atomic mass is 19.1. The second-order valence-corrected chi connectivity index (χ2v) is 7.43. The molecule has 2 aromatic carbocycles. The summed E-state index contributed by atoms with van der Waals surface area (Å²) in [7, 11) is 0. The van der Waals surface area contributed by atoms with Crippen LogP contribution in [0.2, 0.25) is 0 Å². The minimum atomic E-state index is -0.287. The van der Waals surface area contributed by atoms with E-state index < -0.39 is 0 Å². The van der Waals surface area contributed by atoms with E-state index in [-0.39, 0.29) is 17.6 Å². The molecule has 2 heterocycles. The highest BCUT2D eigenvalue weighted by molar-refractivity contribution is 5.93. The quantitative estimate of drug-likeness (QED) is 0.715. The summed E-state index contributed by atoms with van der Waals surface area (Å²) < 4.78 is 13.4. The second-order valence-electron chi connectivity index (χ2n) is 7.43. The van der Waals surface area contributed by atoms with Crippen LogP contribution >= 0.6 is 0 Å². The number of nitrogens with zero attached hydrogens (tertiary/aromatic N) is 3. The molecule has 0 aliphatic carbocycles. The molecular weight excluding hydrogens is 367 g/mol. The summed E-state index contributed by atoms with van der Waals surface area (Å²) in [4.78, 5) is 23.7. The summed E-state index contributed by atoms with van der Waals surface area (Å²) in [6, 6.07) is 14.2. The van der Waals surface area contributed by atoms with Gasteiger partial charge in [-0.1, -0.05) is 24.3 Å². The van der Waals surface area contributed by atoms with Crippen LogP contribution in [0.1, 0.15) is 18.4 Å². The van der Waals surface area contributed by atoms with Gasteiger partial charge in [0.15, 0.2) is 0 Å². The third-order valence-electron chi connectivity index (χ3n) is 5.16. The molecule has 1 N–H and O–H groups in total. The number of hydrogen-bond donors (Lipinski definition) is 1. The molecule has 148 valence electrons. The predicted octanol–water partition coefficient (Wildman–Crippen LogP) is 4.45. The van der Waals surface area contributed by atoms with Crippen molar-refractivity contribution in [3.63, 3.8) is 0 Å². The van der Waals surface area contributed by atoms with Crippen LogP contribution in [0.4, 0.5) is 16.0 Å². The van der Waals surface area contributed by atoms with Crippen molar-refractivity contribution in [2.24, 2.45) is 5.92 Å². The number of halogens is 1. The van der Waals surface area contributed by atoms with Gasteiger partial charge >= 0.3 is 0 Å². The van der Waals surface area contributed by atoms with E-state index in [1.54, 1.807) is 18.5 Å². The van der Waals surface area contributed by atoms with Crippen LogP contribution in [0.3, 0.4) is 0 Å². The lowest BCUT2D eigenvalue weighted by atomic mass is 9.97. The van der Waals surface area contributed by atoms with Crippen molar-refractivity contribution in [3.05, 3.63) is 72.3 Å². The molecule has 1 unspecified atom stereocenters. The molecule has 4 rings (SSSR count). The van der Waals surface area contributed by atoms with Crippen LogP contribution < -0.4 is 10.2 Å². The summed E-state index contributed by atoms with van der Waals surface area (Å²) in [6.07, 6.45) is 5.15. The molecule has 1 aromatic heterocycles. The van der Waals surface area contributed by atoms with Gasteiger partial charge in [0.05, 0.1) is 5.92 Å². The number of hydrogen-bond acceptors (Lipinski definition) is 4. The number of piperidine rings is 1. The van der Waals surface area contributed by atoms with Crippen LogP contribution in [0, 0.1) is 18.7 Å². The predicted molar refractivity (Wildman–Crippen MR) is 112 cm³/mol. The molecule has 3 aromatic rings. The van der Waals surface area contributed by atoms with E-state index in [1.165, 1.54) is 12.1 Å². The molecule has 0 saturated carbocycles. The first-order valence-electron chi connectivity index (χ1n) is 9.79. The summed E-state index contributed by atoms with van der Waals surface area (Å²) in [5, 5.41) is 3.02. The molecule has 5 nitrogen and oxygen atoms in total. The largest absolute Gasteiger partial charge is 0.340 e. The Balaban J connectivity index is 1.43. The number of carbonyl (C=O) groups excluding carboxylic acids is 1. The molecule has 1 aliphatic heterocycles. The summed E-state index contributed by atoms with van der Waals surface area (Å²) >= 11 is 0. The smallest absolute Gasteiger partial charge is 0.229 e. The Hall–Kier alpha value is -3.28. The van der Waals surface area contributed by atoms with E-state index in [1.807, 2.05) is 42.2 Å². The van der Waals surface area contributed by atoms with Crippen molar-refractivity contribution in [3.8, 4) is 11.1 Å². The molecule has 1 amide bonds. The highest BCUT2D eigenvalue weighted by Crippen LogP contribution is 2.24. The third kappa shape index (κ3) is 4.59. The zero-order valence-electron chi connectivity index (χ0n) is 16.3. The number of benzene rings is 2. The van der Waals surface area contributed by atoms with E-state index in [2.05, 4.69) is 15.3 Å². The van der Waals surface area contributed by atoms with Crippen molar-refractivity contribution in [1.29, 1.82) is 0 Å². The molecule has 1 atom stereocenters. The molecule has 6 heteroatoms. The first-order chi connectivity index (χ1) is 14.1. The maximum Gasteiger partial charge on any atom is 0.229 e. The van der Waals surface area contributed by atoms with Gasteiger partial charge in [-0.25, -0.2) is 14.4 Å². The van der Waals surface area contributed by atoms with Crippen molar-refractivity contribution < 1.29 is 9.18 Å². The third-order valence-corrected chi connectivity index (χ3v) is 5.16. The summed E-state index contributed by atoms with van der Waals surface area (Å²) in [6.45, 7) is 3.40. The molecular formula is C23H23FN4O. The zero-order chi connectivity index (χ0) is 20.2. The van der Waals surface area contributed by atoms with E-state index in [4.69, 9.17) is 0 Å². The first-order valence-corrected chi connectivity index (χ1v) is 9.79. The fraction of sp³-hybridized carbons (Fsp3) is 0.261. The minimum Gasteiger partial charge on any atom is -0.340 e. The molecule has 0 radical (unpaired) electrons. The SMILES string of the molecule is Cc1cccc(NC(=O)C2CCCN(c3ncc(-c4cccc(F)c4)cn3)C2)c1.